The molecule has 1 aliphatic heterocycles. The van der Waals surface area contributed by atoms with Crippen LogP contribution in [-0.4, -0.2) is 29.8 Å². The van der Waals surface area contributed by atoms with Gasteiger partial charge in [0.05, 0.1) is 7.74 Å². The van der Waals surface area contributed by atoms with Gasteiger partial charge in [-0.2, -0.15) is 0 Å². The van der Waals surface area contributed by atoms with Gasteiger partial charge in [-0.3, -0.25) is 0 Å². The van der Waals surface area contributed by atoms with Crippen LogP contribution in [0.3, 0.4) is 0 Å². The zero-order valence-corrected chi connectivity index (χ0v) is 32.8. The summed E-state index contributed by atoms with van der Waals surface area (Å²) in [6, 6.07) is 0. The maximum absolute atomic E-state index is 8.01. The van der Waals surface area contributed by atoms with E-state index in [1.165, 1.54) is 49.7 Å². The first-order chi connectivity index (χ1) is 18.1. The molecular weight excluding hydrogens is 560 g/mol. The van der Waals surface area contributed by atoms with Crippen molar-refractivity contribution in [2.24, 2.45) is 38.8 Å². The molecular formula is C32H63N2O2PSi3. The fraction of sp³-hybridized carbons (Fsp3) is 0.938. The predicted octanol–water partition coefficient (Wildman–Crippen LogP) is 11.9. The molecule has 0 N–H and O–H groups in total. The molecule has 1 heterocycles. The van der Waals surface area contributed by atoms with Crippen LogP contribution in [0, 0.1) is 28.6 Å². The van der Waals surface area contributed by atoms with Crippen LogP contribution in [0.5, 0.6) is 0 Å². The lowest BCUT2D eigenvalue weighted by Gasteiger charge is -2.59. The van der Waals surface area contributed by atoms with Crippen molar-refractivity contribution >= 4 is 31.8 Å². The number of allylic oxidation sites excluding steroid dienone is 1. The molecule has 0 aromatic carbocycles. The predicted molar refractivity (Wildman–Crippen MR) is 182 cm³/mol. The van der Waals surface area contributed by atoms with Crippen LogP contribution >= 0.6 is 7.47 Å². The average molecular weight is 623 g/mol. The van der Waals surface area contributed by atoms with Gasteiger partial charge in [0.2, 0.25) is 0 Å². The van der Waals surface area contributed by atoms with Crippen molar-refractivity contribution < 1.29 is 8.85 Å². The van der Waals surface area contributed by atoms with Gasteiger partial charge in [-0.1, -0.05) is 82.0 Å². The van der Waals surface area contributed by atoms with Gasteiger partial charge in [-0.15, -0.1) is 10.2 Å². The van der Waals surface area contributed by atoms with Gasteiger partial charge in [0.15, 0.2) is 13.8 Å². The first-order valence-corrected chi connectivity index (χ1v) is 27.7. The molecule has 4 fully saturated rings. The van der Waals surface area contributed by atoms with E-state index in [4.69, 9.17) is 19.1 Å². The third-order valence-electron chi connectivity index (χ3n) is 10.6. The molecule has 8 heteroatoms. The fourth-order valence-corrected chi connectivity index (χ4v) is 27.4. The third kappa shape index (κ3) is 5.59. The van der Waals surface area contributed by atoms with Crippen LogP contribution in [0.2, 0.25) is 55.9 Å². The Morgan fingerprint density at radius 2 is 1.23 bits per heavy atom. The smallest absolute Gasteiger partial charge is 0.258 e. The van der Waals surface area contributed by atoms with Crippen molar-refractivity contribution in [1.29, 1.82) is 0 Å². The minimum Gasteiger partial charge on any atom is -0.544 e. The topological polar surface area (TPSA) is 43.2 Å². The van der Waals surface area contributed by atoms with Crippen LogP contribution in [-0.2, 0) is 8.85 Å². The minimum absolute atomic E-state index is 0.139. The van der Waals surface area contributed by atoms with E-state index >= 15 is 0 Å². The highest BCUT2D eigenvalue weighted by molar-refractivity contribution is 7.98. The number of rotatable bonds is 9. The number of nitrogens with zero attached hydrogens (tertiary/aromatic N) is 2. The Morgan fingerprint density at radius 3 is 1.55 bits per heavy atom. The standard InChI is InChI=1S/C32H63N2O2PSi3/c1-22(2)40(23(3)4,24(5)6)35-28(31-19-25-16-26(20-31)18-27(17-25)21-31)29-33-34-32(30(7,8)9,36-38(10,11)12)37(29)39(13,14)15/h22-27H,16-21H2,1-15H3/b29-28+/t25?,26?,27?,31?,32?,37-/m1/s1. The highest BCUT2D eigenvalue weighted by Gasteiger charge is 2.64. The Kier molecular flexibility index (Phi) is 8.82. The molecule has 2 atom stereocenters. The Bertz CT molecular complexity index is 962. The molecule has 0 spiro atoms. The van der Waals surface area contributed by atoms with E-state index in [1.807, 2.05) is 0 Å². The summed E-state index contributed by atoms with van der Waals surface area (Å²) in [4.78, 5) is 0. The van der Waals surface area contributed by atoms with E-state index in [0.717, 1.165) is 17.8 Å². The normalized spacial score (nSPS) is 36.0. The summed E-state index contributed by atoms with van der Waals surface area (Å²) in [5.41, 5.74) is 2.34. The van der Waals surface area contributed by atoms with Crippen molar-refractivity contribution in [1.82, 2.24) is 0 Å². The Labute approximate surface area is 252 Å². The third-order valence-corrected chi connectivity index (χ3v) is 26.7. The second-order valence-electron chi connectivity index (χ2n) is 18.0. The fourth-order valence-electron chi connectivity index (χ4n) is 9.71. The van der Waals surface area contributed by atoms with Gasteiger partial charge in [-0.05, 0) is 100 Å². The van der Waals surface area contributed by atoms with Crippen LogP contribution in [0.4, 0.5) is 0 Å². The molecule has 4 bridgehead atoms. The first kappa shape index (κ1) is 33.1. The Balaban J connectivity index is 2.03. The van der Waals surface area contributed by atoms with Crippen LogP contribution in [0.25, 0.3) is 0 Å². The Morgan fingerprint density at radius 1 is 0.800 bits per heavy atom. The summed E-state index contributed by atoms with van der Waals surface area (Å²) in [6.07, 6.45) is 8.24. The van der Waals surface area contributed by atoms with Gasteiger partial charge in [-0.25, -0.2) is 0 Å². The summed E-state index contributed by atoms with van der Waals surface area (Å²) in [6.45, 7) is 36.4. The lowest BCUT2D eigenvalue weighted by molar-refractivity contribution is -0.0497. The molecule has 1 unspecified atom stereocenters. The van der Waals surface area contributed by atoms with E-state index in [9.17, 15) is 0 Å². The van der Waals surface area contributed by atoms with Crippen LogP contribution in [0.1, 0.15) is 101 Å². The largest absolute Gasteiger partial charge is 0.544 e. The van der Waals surface area contributed by atoms with Crippen molar-refractivity contribution in [3.8, 4) is 0 Å². The number of azo groups is 1. The second kappa shape index (κ2) is 10.7. The van der Waals surface area contributed by atoms with E-state index in [0.29, 0.717) is 16.6 Å². The summed E-state index contributed by atoms with van der Waals surface area (Å²) < 4.78 is 15.3. The molecule has 4 nitrogen and oxygen atoms in total. The molecule has 0 aromatic rings. The molecule has 5 aliphatic rings. The maximum atomic E-state index is 8.01. The SMILES string of the molecule is CC(C)[Si](O/C(=C1\N=NC(O[Si](C)(C)C)(C(C)(C)C)[P@]1[Si](C)(C)C)C12CC3CC(CC(C3)C1)C2)(C(C)C)C(C)C. The highest BCUT2D eigenvalue weighted by Crippen LogP contribution is 2.76. The molecule has 40 heavy (non-hydrogen) atoms. The molecule has 0 radical (unpaired) electrons. The van der Waals surface area contributed by atoms with E-state index in [2.05, 4.69) is 102 Å². The minimum atomic E-state index is -2.20. The van der Waals surface area contributed by atoms with Crippen molar-refractivity contribution in [3.63, 3.8) is 0 Å². The maximum Gasteiger partial charge on any atom is 0.258 e. The summed E-state index contributed by atoms with van der Waals surface area (Å²) in [7, 11) is -6.71. The quantitative estimate of drug-likeness (QED) is 0.146. The molecule has 0 amide bonds. The second-order valence-corrected chi connectivity index (χ2v) is 39.3. The van der Waals surface area contributed by atoms with Crippen LogP contribution < -0.4 is 0 Å². The van der Waals surface area contributed by atoms with Gasteiger partial charge >= 0.3 is 0 Å². The van der Waals surface area contributed by atoms with Gasteiger partial charge in [0.1, 0.15) is 11.2 Å². The van der Waals surface area contributed by atoms with E-state index < -0.39 is 37.3 Å². The van der Waals surface area contributed by atoms with Gasteiger partial charge < -0.3 is 8.85 Å². The monoisotopic (exact) mass is 622 g/mol. The molecule has 0 aromatic heterocycles. The summed E-state index contributed by atoms with van der Waals surface area (Å²) in [5, 5.41) is 10.7. The first-order valence-electron chi connectivity index (χ1n) is 16.4. The van der Waals surface area contributed by atoms with E-state index in [1.54, 1.807) is 0 Å². The zero-order chi connectivity index (χ0) is 30.3. The lowest BCUT2D eigenvalue weighted by Crippen LogP contribution is -2.53. The number of hydrogen-bond donors (Lipinski definition) is 0. The van der Waals surface area contributed by atoms with Gasteiger partial charge in [0, 0.05) is 10.8 Å². The van der Waals surface area contributed by atoms with Crippen LogP contribution in [0.15, 0.2) is 21.4 Å². The van der Waals surface area contributed by atoms with E-state index in [-0.39, 0.29) is 10.8 Å². The summed E-state index contributed by atoms with van der Waals surface area (Å²) >= 11 is 0. The molecule has 5 rings (SSSR count). The van der Waals surface area contributed by atoms with Crippen molar-refractivity contribution in [2.75, 3.05) is 0 Å². The lowest BCUT2D eigenvalue weighted by atomic mass is 9.49. The summed E-state index contributed by atoms with van der Waals surface area (Å²) in [5.74, 6) is 3.93. The molecule has 230 valence electrons. The van der Waals surface area contributed by atoms with Gasteiger partial charge in [0.25, 0.3) is 8.32 Å². The van der Waals surface area contributed by atoms with Crippen molar-refractivity contribution in [2.45, 2.75) is 162 Å². The van der Waals surface area contributed by atoms with Crippen molar-refractivity contribution in [3.05, 3.63) is 11.2 Å². The highest BCUT2D eigenvalue weighted by atomic mass is 31.4. The molecule has 4 saturated carbocycles. The zero-order valence-electron chi connectivity index (χ0n) is 28.9. The number of hydrogen-bond acceptors (Lipinski definition) is 4. The average Bonchev–Trinajstić information content (AvgIpc) is 3.11. The Hall–Kier alpha value is 0.181. The molecule has 0 saturated heterocycles. The molecule has 4 aliphatic carbocycles.